The first kappa shape index (κ1) is 14.5. The van der Waals surface area contributed by atoms with Crippen LogP contribution in [0.25, 0.3) is 0 Å². The number of hydrogen-bond acceptors (Lipinski definition) is 3. The molecule has 0 radical (unpaired) electrons. The average Bonchev–Trinajstić information content (AvgIpc) is 2.27. The predicted octanol–water partition coefficient (Wildman–Crippen LogP) is 2.60. The van der Waals surface area contributed by atoms with Gasteiger partial charge in [0.1, 0.15) is 5.75 Å². The Bertz CT molecular complexity index is 426. The lowest BCUT2D eigenvalue weighted by atomic mass is 9.98. The Morgan fingerprint density at radius 1 is 1.39 bits per heavy atom. The molecule has 0 heterocycles. The van der Waals surface area contributed by atoms with E-state index in [0.29, 0.717) is 18.6 Å². The first-order chi connectivity index (χ1) is 8.45. The maximum atomic E-state index is 10.4. The average molecular weight is 252 g/mol. The van der Waals surface area contributed by atoms with Gasteiger partial charge in [-0.15, -0.1) is 0 Å². The van der Waals surface area contributed by atoms with Crippen LogP contribution in [0.2, 0.25) is 0 Å². The first-order valence-electron chi connectivity index (χ1n) is 6.00. The summed E-state index contributed by atoms with van der Waals surface area (Å²) >= 11 is 0. The van der Waals surface area contributed by atoms with Crippen LogP contribution in [0.15, 0.2) is 12.1 Å². The van der Waals surface area contributed by atoms with Gasteiger partial charge < -0.3 is 14.9 Å². The molecule has 0 aliphatic heterocycles. The van der Waals surface area contributed by atoms with E-state index in [2.05, 4.69) is 0 Å². The highest BCUT2D eigenvalue weighted by Crippen LogP contribution is 2.32. The van der Waals surface area contributed by atoms with E-state index in [1.165, 1.54) is 0 Å². The second-order valence-electron chi connectivity index (χ2n) is 4.51. The molecule has 0 amide bonds. The fraction of sp³-hybridized carbons (Fsp3) is 0.500. The molecule has 0 fully saturated rings. The summed E-state index contributed by atoms with van der Waals surface area (Å²) in [5, 5.41) is 18.7. The fourth-order valence-corrected chi connectivity index (χ4v) is 2.12. The zero-order valence-corrected chi connectivity index (χ0v) is 11.1. The van der Waals surface area contributed by atoms with Gasteiger partial charge in [0.05, 0.1) is 13.2 Å². The van der Waals surface area contributed by atoms with E-state index in [9.17, 15) is 9.90 Å². The molecule has 0 aliphatic rings. The molecule has 4 nitrogen and oxygen atoms in total. The minimum atomic E-state index is -0.838. The molecule has 100 valence electrons. The van der Waals surface area contributed by atoms with Gasteiger partial charge >= 0.3 is 5.97 Å². The van der Waals surface area contributed by atoms with Gasteiger partial charge in [-0.1, -0.05) is 11.6 Å². The van der Waals surface area contributed by atoms with Crippen molar-refractivity contribution in [1.29, 1.82) is 0 Å². The topological polar surface area (TPSA) is 66.8 Å². The third-order valence-electron chi connectivity index (χ3n) is 2.88. The zero-order chi connectivity index (χ0) is 13.7. The van der Waals surface area contributed by atoms with Gasteiger partial charge in [-0.3, -0.25) is 4.79 Å². The molecular weight excluding hydrogens is 232 g/mol. The third-order valence-corrected chi connectivity index (χ3v) is 2.88. The van der Waals surface area contributed by atoms with Crippen molar-refractivity contribution >= 4 is 5.97 Å². The number of carboxylic acids is 1. The molecular formula is C14H20O4. The van der Waals surface area contributed by atoms with Crippen molar-refractivity contribution in [3.05, 3.63) is 28.8 Å². The summed E-state index contributed by atoms with van der Waals surface area (Å²) in [4.78, 5) is 10.4. The molecule has 1 atom stereocenters. The van der Waals surface area contributed by atoms with E-state index in [-0.39, 0.29) is 6.42 Å². The number of carbonyl (C=O) groups is 1. The van der Waals surface area contributed by atoms with Gasteiger partial charge in [-0.25, -0.2) is 0 Å². The Balaban J connectivity index is 2.83. The molecule has 18 heavy (non-hydrogen) atoms. The zero-order valence-electron chi connectivity index (χ0n) is 11.1. The highest BCUT2D eigenvalue weighted by Gasteiger charge is 2.16. The predicted molar refractivity (Wildman–Crippen MR) is 68.9 cm³/mol. The van der Waals surface area contributed by atoms with E-state index >= 15 is 0 Å². The summed E-state index contributed by atoms with van der Waals surface area (Å²) in [6, 6.07) is 3.88. The maximum absolute atomic E-state index is 10.4. The lowest BCUT2D eigenvalue weighted by Gasteiger charge is -2.17. The fourth-order valence-electron chi connectivity index (χ4n) is 2.12. The van der Waals surface area contributed by atoms with Crippen molar-refractivity contribution in [2.45, 2.75) is 39.2 Å². The summed E-state index contributed by atoms with van der Waals surface area (Å²) < 4.78 is 5.30. The van der Waals surface area contributed by atoms with Crippen molar-refractivity contribution < 1.29 is 19.7 Å². The quantitative estimate of drug-likeness (QED) is 0.816. The SMILES string of the molecule is COc1c(C)cc(C)cc1C(O)CCCC(=O)O. The summed E-state index contributed by atoms with van der Waals surface area (Å²) in [6.45, 7) is 3.89. The second kappa shape index (κ2) is 6.40. The summed E-state index contributed by atoms with van der Waals surface area (Å²) in [5.41, 5.74) is 2.77. The molecule has 0 saturated carbocycles. The van der Waals surface area contributed by atoms with Gasteiger partial charge in [0, 0.05) is 12.0 Å². The van der Waals surface area contributed by atoms with E-state index in [0.717, 1.165) is 16.7 Å². The number of aliphatic hydroxyl groups is 1. The van der Waals surface area contributed by atoms with Crippen LogP contribution in [-0.2, 0) is 4.79 Å². The molecule has 1 aromatic rings. The molecule has 2 N–H and O–H groups in total. The Kier molecular flexibility index (Phi) is 5.16. The van der Waals surface area contributed by atoms with Crippen LogP contribution >= 0.6 is 0 Å². The standard InChI is InChI=1S/C14H20O4/c1-9-7-10(2)14(18-3)11(8-9)12(15)5-4-6-13(16)17/h7-8,12,15H,4-6H2,1-3H3,(H,16,17). The smallest absolute Gasteiger partial charge is 0.303 e. The van der Waals surface area contributed by atoms with Crippen molar-refractivity contribution in [2.24, 2.45) is 0 Å². The molecule has 1 unspecified atom stereocenters. The van der Waals surface area contributed by atoms with Crippen molar-refractivity contribution in [3.8, 4) is 5.75 Å². The Hall–Kier alpha value is -1.55. The van der Waals surface area contributed by atoms with Crippen molar-refractivity contribution in [1.82, 2.24) is 0 Å². The molecule has 0 aliphatic carbocycles. The lowest BCUT2D eigenvalue weighted by Crippen LogP contribution is -2.04. The van der Waals surface area contributed by atoms with Gasteiger partial charge in [0.25, 0.3) is 0 Å². The first-order valence-corrected chi connectivity index (χ1v) is 6.00. The number of aliphatic hydroxyl groups excluding tert-OH is 1. The Morgan fingerprint density at radius 2 is 2.06 bits per heavy atom. The van der Waals surface area contributed by atoms with Crippen LogP contribution in [0.4, 0.5) is 0 Å². The monoisotopic (exact) mass is 252 g/mol. The molecule has 0 spiro atoms. The number of benzene rings is 1. The van der Waals surface area contributed by atoms with Crippen LogP contribution in [-0.4, -0.2) is 23.3 Å². The Labute approximate surface area is 107 Å². The van der Waals surface area contributed by atoms with E-state index in [4.69, 9.17) is 9.84 Å². The van der Waals surface area contributed by atoms with Gasteiger partial charge in [-0.2, -0.15) is 0 Å². The second-order valence-corrected chi connectivity index (χ2v) is 4.51. The molecule has 0 aromatic heterocycles. The number of carboxylic acid groups (broad SMARTS) is 1. The maximum Gasteiger partial charge on any atom is 0.303 e. The van der Waals surface area contributed by atoms with E-state index < -0.39 is 12.1 Å². The number of hydrogen-bond donors (Lipinski definition) is 2. The van der Waals surface area contributed by atoms with Crippen LogP contribution < -0.4 is 4.74 Å². The van der Waals surface area contributed by atoms with Crippen LogP contribution in [0, 0.1) is 13.8 Å². The van der Waals surface area contributed by atoms with E-state index in [1.807, 2.05) is 26.0 Å². The van der Waals surface area contributed by atoms with Crippen molar-refractivity contribution in [3.63, 3.8) is 0 Å². The minimum Gasteiger partial charge on any atom is -0.496 e. The Morgan fingerprint density at radius 3 is 2.61 bits per heavy atom. The van der Waals surface area contributed by atoms with Crippen LogP contribution in [0.5, 0.6) is 5.75 Å². The van der Waals surface area contributed by atoms with Gasteiger partial charge in [0.2, 0.25) is 0 Å². The highest BCUT2D eigenvalue weighted by atomic mass is 16.5. The number of rotatable bonds is 6. The van der Waals surface area contributed by atoms with E-state index in [1.54, 1.807) is 7.11 Å². The summed E-state index contributed by atoms with van der Waals surface area (Å²) in [6.07, 6.45) is 0.264. The third kappa shape index (κ3) is 3.74. The van der Waals surface area contributed by atoms with Crippen LogP contribution in [0.3, 0.4) is 0 Å². The number of aryl methyl sites for hydroxylation is 2. The number of aliphatic carboxylic acids is 1. The highest BCUT2D eigenvalue weighted by molar-refractivity contribution is 5.66. The van der Waals surface area contributed by atoms with Crippen LogP contribution in [0.1, 0.15) is 42.1 Å². The van der Waals surface area contributed by atoms with Crippen molar-refractivity contribution in [2.75, 3.05) is 7.11 Å². The minimum absolute atomic E-state index is 0.0736. The lowest BCUT2D eigenvalue weighted by molar-refractivity contribution is -0.137. The number of ether oxygens (including phenoxy) is 1. The molecule has 4 heteroatoms. The molecule has 1 rings (SSSR count). The summed E-state index contributed by atoms with van der Waals surface area (Å²) in [7, 11) is 1.57. The normalized spacial score (nSPS) is 12.2. The largest absolute Gasteiger partial charge is 0.496 e. The molecule has 0 bridgehead atoms. The van der Waals surface area contributed by atoms with Gasteiger partial charge in [0.15, 0.2) is 0 Å². The number of methoxy groups -OCH3 is 1. The van der Waals surface area contributed by atoms with Gasteiger partial charge in [-0.05, 0) is 38.3 Å². The summed E-state index contributed by atoms with van der Waals surface area (Å²) in [5.74, 6) is -0.155. The molecule has 0 saturated heterocycles. The molecule has 1 aromatic carbocycles.